The number of aliphatic hydroxyl groups excluding tert-OH is 1. The lowest BCUT2D eigenvalue weighted by Crippen LogP contribution is -2.49. The molecule has 0 radical (unpaired) electrons. The summed E-state index contributed by atoms with van der Waals surface area (Å²) in [4.78, 5) is 4.61. The van der Waals surface area contributed by atoms with Gasteiger partial charge in [0.2, 0.25) is 0 Å². The lowest BCUT2D eigenvalue weighted by molar-refractivity contribution is 0.0461. The van der Waals surface area contributed by atoms with Crippen molar-refractivity contribution in [3.8, 4) is 0 Å². The number of rotatable bonds is 5. The van der Waals surface area contributed by atoms with Crippen LogP contribution >= 0.6 is 0 Å². The maximum Gasteiger partial charge on any atom is 0.0793 e. The zero-order valence-electron chi connectivity index (χ0n) is 12.7. The first-order chi connectivity index (χ1) is 8.30. The van der Waals surface area contributed by atoms with Gasteiger partial charge in [0.1, 0.15) is 0 Å². The smallest absolute Gasteiger partial charge is 0.0793 e. The number of likely N-dealkylation sites (N-methyl/N-ethyl adjacent to an activating group) is 1. The van der Waals surface area contributed by atoms with E-state index >= 15 is 0 Å². The minimum atomic E-state index is -0.252. The lowest BCUT2D eigenvalue weighted by atomic mass is 9.87. The Balaban J connectivity index is 2.32. The zero-order valence-corrected chi connectivity index (χ0v) is 12.7. The summed E-state index contributed by atoms with van der Waals surface area (Å²) in [5, 5.41) is 13.5. The van der Waals surface area contributed by atoms with Crippen LogP contribution in [-0.2, 0) is 0 Å². The fraction of sp³-hybridized carbons (Fsp3) is 1.00. The third-order valence-corrected chi connectivity index (χ3v) is 4.09. The molecular weight excluding hydrogens is 226 g/mol. The minimum absolute atomic E-state index is 0.252. The van der Waals surface area contributed by atoms with Gasteiger partial charge in [-0.15, -0.1) is 0 Å². The van der Waals surface area contributed by atoms with Crippen molar-refractivity contribution in [2.45, 2.75) is 39.8 Å². The second-order valence-electron chi connectivity index (χ2n) is 6.69. The Labute approximate surface area is 112 Å². The predicted octanol–water partition coefficient (Wildman–Crippen LogP) is 0.619. The van der Waals surface area contributed by atoms with Crippen molar-refractivity contribution in [1.82, 2.24) is 15.1 Å². The molecule has 1 heterocycles. The van der Waals surface area contributed by atoms with Gasteiger partial charge in [0.25, 0.3) is 0 Å². The SMILES string of the molecule is CC(N(C)CC(O)CN1CCNCC1)C(C)(C)C. The van der Waals surface area contributed by atoms with E-state index in [4.69, 9.17) is 0 Å². The largest absolute Gasteiger partial charge is 0.390 e. The number of β-amino-alcohol motifs (C(OH)–C–C–N with tert-alkyl or cyclic N) is 1. The molecule has 2 atom stereocenters. The van der Waals surface area contributed by atoms with Crippen LogP contribution in [0, 0.1) is 5.41 Å². The molecule has 0 spiro atoms. The molecule has 2 N–H and O–H groups in total. The first-order valence-electron chi connectivity index (χ1n) is 7.12. The van der Waals surface area contributed by atoms with Crippen molar-refractivity contribution < 1.29 is 5.11 Å². The van der Waals surface area contributed by atoms with Gasteiger partial charge < -0.3 is 15.3 Å². The summed E-state index contributed by atoms with van der Waals surface area (Å²) < 4.78 is 0. The molecule has 1 aliphatic rings. The maximum atomic E-state index is 10.2. The van der Waals surface area contributed by atoms with E-state index in [1.54, 1.807) is 0 Å². The van der Waals surface area contributed by atoms with E-state index in [0.29, 0.717) is 6.04 Å². The summed E-state index contributed by atoms with van der Waals surface area (Å²) in [5.41, 5.74) is 0.253. The molecule has 2 unspecified atom stereocenters. The van der Waals surface area contributed by atoms with E-state index < -0.39 is 0 Å². The summed E-state index contributed by atoms with van der Waals surface area (Å²) in [5.74, 6) is 0. The third-order valence-electron chi connectivity index (χ3n) is 4.09. The van der Waals surface area contributed by atoms with Gasteiger partial charge in [-0.1, -0.05) is 20.8 Å². The highest BCUT2D eigenvalue weighted by Crippen LogP contribution is 2.22. The van der Waals surface area contributed by atoms with Crippen LogP contribution in [0.4, 0.5) is 0 Å². The van der Waals surface area contributed by atoms with Gasteiger partial charge in [-0.05, 0) is 19.4 Å². The Hall–Kier alpha value is -0.160. The number of aliphatic hydroxyl groups is 1. The van der Waals surface area contributed by atoms with Gasteiger partial charge in [0.05, 0.1) is 6.10 Å². The molecular formula is C14H31N3O. The minimum Gasteiger partial charge on any atom is -0.390 e. The van der Waals surface area contributed by atoms with Crippen LogP contribution in [0.2, 0.25) is 0 Å². The first kappa shape index (κ1) is 15.9. The van der Waals surface area contributed by atoms with Crippen LogP contribution in [-0.4, -0.2) is 73.4 Å². The second kappa shape index (κ2) is 6.85. The fourth-order valence-electron chi connectivity index (χ4n) is 2.40. The summed E-state index contributed by atoms with van der Waals surface area (Å²) in [6, 6.07) is 0.468. The molecule has 4 heteroatoms. The zero-order chi connectivity index (χ0) is 13.8. The van der Waals surface area contributed by atoms with E-state index in [-0.39, 0.29) is 11.5 Å². The van der Waals surface area contributed by atoms with Crippen LogP contribution in [0.25, 0.3) is 0 Å². The van der Waals surface area contributed by atoms with E-state index in [2.05, 4.69) is 49.9 Å². The average molecular weight is 257 g/mol. The highest BCUT2D eigenvalue weighted by atomic mass is 16.3. The number of piperazine rings is 1. The van der Waals surface area contributed by atoms with Crippen molar-refractivity contribution in [2.75, 3.05) is 46.3 Å². The Morgan fingerprint density at radius 2 is 1.83 bits per heavy atom. The van der Waals surface area contributed by atoms with Gasteiger partial charge in [-0.2, -0.15) is 0 Å². The Morgan fingerprint density at radius 3 is 2.33 bits per heavy atom. The molecule has 18 heavy (non-hydrogen) atoms. The van der Waals surface area contributed by atoms with Crippen molar-refractivity contribution >= 4 is 0 Å². The van der Waals surface area contributed by atoms with E-state index in [9.17, 15) is 5.11 Å². The molecule has 1 fully saturated rings. The lowest BCUT2D eigenvalue weighted by Gasteiger charge is -2.37. The van der Waals surface area contributed by atoms with E-state index in [1.165, 1.54) is 0 Å². The molecule has 0 amide bonds. The van der Waals surface area contributed by atoms with Gasteiger partial charge >= 0.3 is 0 Å². The van der Waals surface area contributed by atoms with Gasteiger partial charge in [-0.25, -0.2) is 0 Å². The Kier molecular flexibility index (Phi) is 6.05. The Bertz CT molecular complexity index is 234. The summed E-state index contributed by atoms with van der Waals surface area (Å²) >= 11 is 0. The van der Waals surface area contributed by atoms with Gasteiger partial charge in [-0.3, -0.25) is 4.90 Å². The number of nitrogens with zero attached hydrogens (tertiary/aromatic N) is 2. The number of hydrogen-bond donors (Lipinski definition) is 2. The average Bonchev–Trinajstić information content (AvgIpc) is 2.27. The second-order valence-corrected chi connectivity index (χ2v) is 6.69. The predicted molar refractivity (Wildman–Crippen MR) is 76.9 cm³/mol. The molecule has 0 saturated carbocycles. The van der Waals surface area contributed by atoms with Crippen LogP contribution in [0.15, 0.2) is 0 Å². The Morgan fingerprint density at radius 1 is 1.28 bits per heavy atom. The van der Waals surface area contributed by atoms with E-state index in [0.717, 1.165) is 39.3 Å². The number of nitrogens with one attached hydrogen (secondary N) is 1. The molecule has 0 aromatic carbocycles. The van der Waals surface area contributed by atoms with Crippen LogP contribution < -0.4 is 5.32 Å². The van der Waals surface area contributed by atoms with Crippen LogP contribution in [0.3, 0.4) is 0 Å². The van der Waals surface area contributed by atoms with Crippen LogP contribution in [0.5, 0.6) is 0 Å². The first-order valence-corrected chi connectivity index (χ1v) is 7.12. The summed E-state index contributed by atoms with van der Waals surface area (Å²) in [7, 11) is 2.11. The molecule has 1 aliphatic heterocycles. The third kappa shape index (κ3) is 5.22. The normalized spacial score (nSPS) is 22.2. The number of hydrogen-bond acceptors (Lipinski definition) is 4. The van der Waals surface area contributed by atoms with Crippen molar-refractivity contribution in [3.63, 3.8) is 0 Å². The standard InChI is InChI=1S/C14H31N3O/c1-12(14(2,3)4)16(5)10-13(18)11-17-8-6-15-7-9-17/h12-13,15,18H,6-11H2,1-5H3. The van der Waals surface area contributed by atoms with Gasteiger partial charge in [0.15, 0.2) is 0 Å². The molecule has 1 rings (SSSR count). The van der Waals surface area contributed by atoms with E-state index in [1.807, 2.05) is 0 Å². The highest BCUT2D eigenvalue weighted by molar-refractivity contribution is 4.80. The monoisotopic (exact) mass is 257 g/mol. The summed E-state index contributed by atoms with van der Waals surface area (Å²) in [6.45, 7) is 14.7. The summed E-state index contributed by atoms with van der Waals surface area (Å²) in [6.07, 6.45) is -0.252. The van der Waals surface area contributed by atoms with Crippen molar-refractivity contribution in [1.29, 1.82) is 0 Å². The molecule has 4 nitrogen and oxygen atoms in total. The molecule has 0 aromatic heterocycles. The van der Waals surface area contributed by atoms with Gasteiger partial charge in [0, 0.05) is 45.3 Å². The topological polar surface area (TPSA) is 38.7 Å². The molecule has 0 aromatic rings. The molecule has 1 saturated heterocycles. The van der Waals surface area contributed by atoms with Crippen molar-refractivity contribution in [2.24, 2.45) is 5.41 Å². The highest BCUT2D eigenvalue weighted by Gasteiger charge is 2.25. The van der Waals surface area contributed by atoms with Crippen molar-refractivity contribution in [3.05, 3.63) is 0 Å². The fourth-order valence-corrected chi connectivity index (χ4v) is 2.40. The molecule has 0 aliphatic carbocycles. The maximum absolute atomic E-state index is 10.2. The van der Waals surface area contributed by atoms with Crippen LogP contribution in [0.1, 0.15) is 27.7 Å². The molecule has 0 bridgehead atoms. The molecule has 108 valence electrons. The quantitative estimate of drug-likeness (QED) is 0.757.